The van der Waals surface area contributed by atoms with E-state index in [4.69, 9.17) is 4.74 Å². The van der Waals surface area contributed by atoms with Gasteiger partial charge in [0.05, 0.1) is 4.92 Å². The standard InChI is InChI=1S/C21H23N3O5/c25-20(23-21(26)22-17-8-4-5-9-17)14-29-19-11-10-18(24(27)28)13-16(19)12-15-6-2-1-3-7-15/h1-3,6-7,10-11,13,17H,4-5,8-9,12,14H2,(H2,22,23,25,26). The van der Waals surface area contributed by atoms with Crippen molar-refractivity contribution in [3.8, 4) is 5.75 Å². The Labute approximate surface area is 168 Å². The number of carbonyl (C=O) groups is 2. The van der Waals surface area contributed by atoms with E-state index in [1.807, 2.05) is 30.3 Å². The summed E-state index contributed by atoms with van der Waals surface area (Å²) in [4.78, 5) is 34.5. The number of carbonyl (C=O) groups excluding carboxylic acids is 2. The minimum Gasteiger partial charge on any atom is -0.483 e. The third kappa shape index (κ3) is 6.03. The monoisotopic (exact) mass is 397 g/mol. The van der Waals surface area contributed by atoms with Gasteiger partial charge in [0.15, 0.2) is 6.61 Å². The molecule has 3 rings (SSSR count). The van der Waals surface area contributed by atoms with E-state index in [0.717, 1.165) is 31.2 Å². The summed E-state index contributed by atoms with van der Waals surface area (Å²) in [5, 5.41) is 16.1. The summed E-state index contributed by atoms with van der Waals surface area (Å²) in [6.07, 6.45) is 4.41. The first-order valence-corrected chi connectivity index (χ1v) is 9.55. The smallest absolute Gasteiger partial charge is 0.321 e. The number of hydrogen-bond acceptors (Lipinski definition) is 5. The Kier molecular flexibility index (Phi) is 6.78. The largest absolute Gasteiger partial charge is 0.483 e. The van der Waals surface area contributed by atoms with E-state index in [-0.39, 0.29) is 18.3 Å². The molecule has 8 heteroatoms. The van der Waals surface area contributed by atoms with Gasteiger partial charge in [-0.25, -0.2) is 4.79 Å². The quantitative estimate of drug-likeness (QED) is 0.550. The summed E-state index contributed by atoms with van der Waals surface area (Å²) in [7, 11) is 0. The molecule has 0 unspecified atom stereocenters. The van der Waals surface area contributed by atoms with Crippen LogP contribution < -0.4 is 15.4 Å². The normalized spacial score (nSPS) is 13.7. The van der Waals surface area contributed by atoms with Gasteiger partial charge in [-0.15, -0.1) is 0 Å². The molecule has 1 saturated carbocycles. The molecule has 8 nitrogen and oxygen atoms in total. The van der Waals surface area contributed by atoms with Crippen molar-refractivity contribution in [3.05, 3.63) is 69.8 Å². The summed E-state index contributed by atoms with van der Waals surface area (Å²) >= 11 is 0. The maximum absolute atomic E-state index is 12.0. The summed E-state index contributed by atoms with van der Waals surface area (Å²) in [5.74, 6) is -0.213. The Morgan fingerprint density at radius 3 is 2.52 bits per heavy atom. The number of nitrogens with one attached hydrogen (secondary N) is 2. The van der Waals surface area contributed by atoms with Crippen LogP contribution in [0.5, 0.6) is 5.75 Å². The first kappa shape index (κ1) is 20.3. The van der Waals surface area contributed by atoms with Gasteiger partial charge in [-0.2, -0.15) is 0 Å². The SMILES string of the molecule is O=C(COc1ccc([N+](=O)[O-])cc1Cc1ccccc1)NC(=O)NC1CCCC1. The molecular weight excluding hydrogens is 374 g/mol. The number of nitro benzene ring substituents is 1. The van der Waals surface area contributed by atoms with E-state index in [1.165, 1.54) is 18.2 Å². The third-order valence-electron chi connectivity index (χ3n) is 4.79. The van der Waals surface area contributed by atoms with Gasteiger partial charge in [0, 0.05) is 30.2 Å². The van der Waals surface area contributed by atoms with Gasteiger partial charge >= 0.3 is 6.03 Å². The van der Waals surface area contributed by atoms with Crippen molar-refractivity contribution in [1.29, 1.82) is 0 Å². The maximum Gasteiger partial charge on any atom is 0.321 e. The molecule has 1 aliphatic rings. The number of nitrogens with zero attached hydrogens (tertiary/aromatic N) is 1. The predicted molar refractivity (Wildman–Crippen MR) is 107 cm³/mol. The van der Waals surface area contributed by atoms with Crippen molar-refractivity contribution in [2.24, 2.45) is 0 Å². The highest BCUT2D eigenvalue weighted by molar-refractivity contribution is 5.95. The molecule has 29 heavy (non-hydrogen) atoms. The number of urea groups is 1. The van der Waals surface area contributed by atoms with E-state index < -0.39 is 16.9 Å². The Bertz CT molecular complexity index is 879. The molecule has 152 valence electrons. The van der Waals surface area contributed by atoms with Crippen LogP contribution in [0.1, 0.15) is 36.8 Å². The number of imide groups is 1. The fraction of sp³-hybridized carbons (Fsp3) is 0.333. The van der Waals surface area contributed by atoms with E-state index >= 15 is 0 Å². The molecule has 2 aromatic rings. The van der Waals surface area contributed by atoms with Gasteiger partial charge in [0.25, 0.3) is 11.6 Å². The Morgan fingerprint density at radius 1 is 1.10 bits per heavy atom. The van der Waals surface area contributed by atoms with Crippen molar-refractivity contribution in [1.82, 2.24) is 10.6 Å². The zero-order valence-corrected chi connectivity index (χ0v) is 15.9. The Morgan fingerprint density at radius 2 is 1.83 bits per heavy atom. The lowest BCUT2D eigenvalue weighted by atomic mass is 10.0. The Balaban J connectivity index is 1.62. The molecule has 0 atom stereocenters. The number of non-ortho nitro benzene ring substituents is 1. The highest BCUT2D eigenvalue weighted by Crippen LogP contribution is 2.26. The summed E-state index contributed by atoms with van der Waals surface area (Å²) in [6.45, 7) is -0.363. The summed E-state index contributed by atoms with van der Waals surface area (Å²) < 4.78 is 5.56. The molecule has 2 aromatic carbocycles. The fourth-order valence-electron chi connectivity index (χ4n) is 3.37. The highest BCUT2D eigenvalue weighted by Gasteiger charge is 2.19. The number of ether oxygens (including phenoxy) is 1. The average molecular weight is 397 g/mol. The number of benzene rings is 2. The zero-order valence-electron chi connectivity index (χ0n) is 15.9. The number of rotatable bonds is 7. The molecule has 1 aliphatic carbocycles. The van der Waals surface area contributed by atoms with Crippen LogP contribution in [0.4, 0.5) is 10.5 Å². The van der Waals surface area contributed by atoms with Gasteiger partial charge < -0.3 is 10.1 Å². The summed E-state index contributed by atoms with van der Waals surface area (Å²) in [5.41, 5.74) is 1.50. The predicted octanol–water partition coefficient (Wildman–Crippen LogP) is 3.33. The van der Waals surface area contributed by atoms with Crippen LogP contribution in [-0.4, -0.2) is 29.5 Å². The minimum atomic E-state index is -0.579. The Hall–Kier alpha value is -3.42. The van der Waals surface area contributed by atoms with Crippen molar-refractivity contribution in [2.45, 2.75) is 38.1 Å². The second kappa shape index (κ2) is 9.68. The van der Waals surface area contributed by atoms with Crippen LogP contribution in [0.25, 0.3) is 0 Å². The summed E-state index contributed by atoms with van der Waals surface area (Å²) in [6, 6.07) is 13.3. The number of hydrogen-bond donors (Lipinski definition) is 2. The molecule has 0 aromatic heterocycles. The van der Waals surface area contributed by atoms with Gasteiger partial charge in [-0.05, 0) is 24.5 Å². The minimum absolute atomic E-state index is 0.0522. The van der Waals surface area contributed by atoms with Crippen LogP contribution in [0, 0.1) is 10.1 Å². The van der Waals surface area contributed by atoms with Crippen molar-refractivity contribution in [2.75, 3.05) is 6.61 Å². The zero-order chi connectivity index (χ0) is 20.6. The van der Waals surface area contributed by atoms with Gasteiger partial charge in [-0.3, -0.25) is 20.2 Å². The third-order valence-corrected chi connectivity index (χ3v) is 4.79. The number of nitro groups is 1. The average Bonchev–Trinajstić information content (AvgIpc) is 3.20. The van der Waals surface area contributed by atoms with Gasteiger partial charge in [0.1, 0.15) is 5.75 Å². The van der Waals surface area contributed by atoms with E-state index in [1.54, 1.807) is 0 Å². The van der Waals surface area contributed by atoms with Crippen molar-refractivity contribution in [3.63, 3.8) is 0 Å². The number of amides is 3. The second-order valence-electron chi connectivity index (χ2n) is 7.00. The van der Waals surface area contributed by atoms with Crippen molar-refractivity contribution < 1.29 is 19.2 Å². The van der Waals surface area contributed by atoms with Gasteiger partial charge in [0.2, 0.25) is 0 Å². The maximum atomic E-state index is 12.0. The van der Waals surface area contributed by atoms with Crippen molar-refractivity contribution >= 4 is 17.6 Å². The molecule has 1 fully saturated rings. The van der Waals surface area contributed by atoms with Crippen LogP contribution in [0.2, 0.25) is 0 Å². The van der Waals surface area contributed by atoms with Crippen LogP contribution in [-0.2, 0) is 11.2 Å². The molecule has 3 amide bonds. The van der Waals surface area contributed by atoms with E-state index in [0.29, 0.717) is 17.7 Å². The lowest BCUT2D eigenvalue weighted by Gasteiger charge is -2.14. The van der Waals surface area contributed by atoms with Gasteiger partial charge in [-0.1, -0.05) is 43.2 Å². The second-order valence-corrected chi connectivity index (χ2v) is 7.00. The fourth-order valence-corrected chi connectivity index (χ4v) is 3.37. The molecule has 2 N–H and O–H groups in total. The lowest BCUT2D eigenvalue weighted by molar-refractivity contribution is -0.384. The molecule has 0 spiro atoms. The van der Waals surface area contributed by atoms with Crippen LogP contribution in [0.3, 0.4) is 0 Å². The first-order chi connectivity index (χ1) is 14.0. The van der Waals surface area contributed by atoms with E-state index in [9.17, 15) is 19.7 Å². The first-order valence-electron chi connectivity index (χ1n) is 9.55. The molecule has 0 heterocycles. The van der Waals surface area contributed by atoms with Crippen LogP contribution in [0.15, 0.2) is 48.5 Å². The lowest BCUT2D eigenvalue weighted by Crippen LogP contribution is -2.45. The van der Waals surface area contributed by atoms with E-state index in [2.05, 4.69) is 10.6 Å². The molecule has 0 radical (unpaired) electrons. The molecule has 0 saturated heterocycles. The molecule has 0 bridgehead atoms. The molecular formula is C21H23N3O5. The topological polar surface area (TPSA) is 111 Å². The molecule has 0 aliphatic heterocycles. The van der Waals surface area contributed by atoms with Crippen LogP contribution >= 0.6 is 0 Å². The highest BCUT2D eigenvalue weighted by atomic mass is 16.6.